The number of nitrogens with one attached hydrogen (secondary N) is 1. The molecule has 2 rings (SSSR count). The second kappa shape index (κ2) is 10.7. The first-order valence-electron chi connectivity index (χ1n) is 8.73. The summed E-state index contributed by atoms with van der Waals surface area (Å²) >= 11 is 3.52. The van der Waals surface area contributed by atoms with Gasteiger partial charge in [-0.05, 0) is 44.3 Å². The molecule has 1 aliphatic heterocycles. The highest BCUT2D eigenvalue weighted by atomic mass is 79.9. The number of hydrogen-bond acceptors (Lipinski definition) is 4. The Kier molecular flexibility index (Phi) is 8.62. The van der Waals surface area contributed by atoms with Crippen LogP contribution in [-0.4, -0.2) is 62.2 Å². The number of hydrogen-bond donors (Lipinski definition) is 1. The van der Waals surface area contributed by atoms with Crippen molar-refractivity contribution in [1.29, 1.82) is 0 Å². The van der Waals surface area contributed by atoms with Gasteiger partial charge in [-0.3, -0.25) is 0 Å². The van der Waals surface area contributed by atoms with Crippen molar-refractivity contribution in [1.82, 2.24) is 15.1 Å². The topological polar surface area (TPSA) is 27.7 Å². The third kappa shape index (κ3) is 6.45. The summed E-state index contributed by atoms with van der Waals surface area (Å²) in [5.74, 6) is 3.38. The van der Waals surface area contributed by atoms with Crippen LogP contribution in [0.3, 0.4) is 0 Å². The summed E-state index contributed by atoms with van der Waals surface area (Å²) in [7, 11) is 0. The average molecular weight is 394 g/mol. The van der Waals surface area contributed by atoms with E-state index in [1.54, 1.807) is 0 Å². The van der Waals surface area contributed by atoms with Gasteiger partial charge in [0.05, 0.1) is 0 Å². The zero-order valence-corrected chi connectivity index (χ0v) is 16.1. The van der Waals surface area contributed by atoms with Crippen LogP contribution in [0.15, 0.2) is 22.7 Å². The quantitative estimate of drug-likeness (QED) is 0.515. The Bertz CT molecular complexity index is 536. The minimum absolute atomic E-state index is 0.304. The Morgan fingerprint density at radius 2 is 2.00 bits per heavy atom. The SMILES string of the molecule is C#CCOc1ccc(Br)cc1CNCCCN1CCN(CC)CC1. The normalized spacial score (nSPS) is 16.0. The van der Waals surface area contributed by atoms with Crippen LogP contribution in [0.1, 0.15) is 18.9 Å². The number of likely N-dealkylation sites (N-methyl/N-ethyl adjacent to an activating group) is 1. The lowest BCUT2D eigenvalue weighted by Crippen LogP contribution is -2.46. The first-order chi connectivity index (χ1) is 11.7. The number of ether oxygens (including phenoxy) is 1. The van der Waals surface area contributed by atoms with Gasteiger partial charge in [0.25, 0.3) is 0 Å². The van der Waals surface area contributed by atoms with Gasteiger partial charge in [-0.1, -0.05) is 28.8 Å². The highest BCUT2D eigenvalue weighted by Gasteiger charge is 2.14. The van der Waals surface area contributed by atoms with E-state index in [9.17, 15) is 0 Å². The Morgan fingerprint density at radius 3 is 2.71 bits per heavy atom. The number of nitrogens with zero attached hydrogens (tertiary/aromatic N) is 2. The molecule has 24 heavy (non-hydrogen) atoms. The fourth-order valence-electron chi connectivity index (χ4n) is 2.93. The van der Waals surface area contributed by atoms with Crippen LogP contribution in [-0.2, 0) is 6.54 Å². The highest BCUT2D eigenvalue weighted by molar-refractivity contribution is 9.10. The highest BCUT2D eigenvalue weighted by Crippen LogP contribution is 2.23. The van der Waals surface area contributed by atoms with Gasteiger partial charge in [0.15, 0.2) is 0 Å². The molecule has 4 nitrogen and oxygen atoms in total. The monoisotopic (exact) mass is 393 g/mol. The lowest BCUT2D eigenvalue weighted by Gasteiger charge is -2.34. The number of benzene rings is 1. The van der Waals surface area contributed by atoms with Crippen molar-refractivity contribution in [3.63, 3.8) is 0 Å². The first-order valence-corrected chi connectivity index (χ1v) is 9.52. The second-order valence-electron chi connectivity index (χ2n) is 6.05. The number of halogens is 1. The Balaban J connectivity index is 1.67. The molecular formula is C19H28BrN3O. The maximum absolute atomic E-state index is 5.60. The molecule has 1 aliphatic rings. The molecule has 0 aliphatic carbocycles. The molecule has 1 aromatic carbocycles. The van der Waals surface area contributed by atoms with Crippen LogP contribution in [0.2, 0.25) is 0 Å². The molecule has 0 aromatic heterocycles. The first kappa shape index (κ1) is 19.3. The van der Waals surface area contributed by atoms with Gasteiger partial charge in [0.2, 0.25) is 0 Å². The van der Waals surface area contributed by atoms with E-state index in [1.807, 2.05) is 12.1 Å². The smallest absolute Gasteiger partial charge is 0.148 e. The molecule has 0 saturated carbocycles. The van der Waals surface area contributed by atoms with E-state index in [0.29, 0.717) is 6.61 Å². The Morgan fingerprint density at radius 1 is 1.25 bits per heavy atom. The van der Waals surface area contributed by atoms with E-state index < -0.39 is 0 Å². The molecule has 5 heteroatoms. The van der Waals surface area contributed by atoms with Gasteiger partial charge >= 0.3 is 0 Å². The molecule has 1 N–H and O–H groups in total. The summed E-state index contributed by atoms with van der Waals surface area (Å²) in [6.45, 7) is 11.5. The van der Waals surface area contributed by atoms with Crippen LogP contribution in [0.5, 0.6) is 5.75 Å². The molecule has 0 bridgehead atoms. The molecule has 1 aromatic rings. The minimum Gasteiger partial charge on any atom is -0.481 e. The predicted octanol–water partition coefficient (Wildman–Crippen LogP) is 2.58. The molecule has 0 radical (unpaired) electrons. The Labute approximate surface area is 154 Å². The summed E-state index contributed by atoms with van der Waals surface area (Å²) in [6, 6.07) is 6.03. The summed E-state index contributed by atoms with van der Waals surface area (Å²) in [5, 5.41) is 3.52. The minimum atomic E-state index is 0.304. The second-order valence-corrected chi connectivity index (χ2v) is 6.97. The lowest BCUT2D eigenvalue weighted by molar-refractivity contribution is 0.136. The van der Waals surface area contributed by atoms with E-state index in [-0.39, 0.29) is 0 Å². The molecule has 0 atom stereocenters. The number of rotatable bonds is 9. The summed E-state index contributed by atoms with van der Waals surface area (Å²) in [6.07, 6.45) is 6.44. The van der Waals surface area contributed by atoms with Crippen molar-refractivity contribution in [3.8, 4) is 18.1 Å². The summed E-state index contributed by atoms with van der Waals surface area (Å²) in [5.41, 5.74) is 1.14. The van der Waals surface area contributed by atoms with Gasteiger partial charge in [0, 0.05) is 42.8 Å². The van der Waals surface area contributed by atoms with E-state index in [0.717, 1.165) is 28.9 Å². The van der Waals surface area contributed by atoms with Gasteiger partial charge in [0.1, 0.15) is 12.4 Å². The van der Waals surface area contributed by atoms with Gasteiger partial charge in [-0.25, -0.2) is 0 Å². The molecule has 0 spiro atoms. The van der Waals surface area contributed by atoms with E-state index >= 15 is 0 Å². The summed E-state index contributed by atoms with van der Waals surface area (Å²) in [4.78, 5) is 5.08. The van der Waals surface area contributed by atoms with Crippen molar-refractivity contribution in [2.75, 3.05) is 52.4 Å². The van der Waals surface area contributed by atoms with Crippen molar-refractivity contribution in [2.45, 2.75) is 19.9 Å². The Hall–Kier alpha value is -1.06. The molecule has 0 unspecified atom stereocenters. The molecule has 0 amide bonds. The van der Waals surface area contributed by atoms with Crippen molar-refractivity contribution in [2.24, 2.45) is 0 Å². The van der Waals surface area contributed by atoms with E-state index in [1.165, 1.54) is 45.7 Å². The molecule has 1 heterocycles. The van der Waals surface area contributed by atoms with Gasteiger partial charge in [-0.15, -0.1) is 6.42 Å². The van der Waals surface area contributed by atoms with Gasteiger partial charge < -0.3 is 19.9 Å². The molecular weight excluding hydrogens is 366 g/mol. The third-order valence-electron chi connectivity index (χ3n) is 4.39. The van der Waals surface area contributed by atoms with Crippen LogP contribution in [0, 0.1) is 12.3 Å². The van der Waals surface area contributed by atoms with Crippen molar-refractivity contribution in [3.05, 3.63) is 28.2 Å². The largest absolute Gasteiger partial charge is 0.481 e. The average Bonchev–Trinajstić information content (AvgIpc) is 2.61. The molecule has 1 fully saturated rings. The number of piperazine rings is 1. The fraction of sp³-hybridized carbons (Fsp3) is 0.579. The molecule has 1 saturated heterocycles. The van der Waals surface area contributed by atoms with Crippen LogP contribution in [0.25, 0.3) is 0 Å². The van der Waals surface area contributed by atoms with Gasteiger partial charge in [-0.2, -0.15) is 0 Å². The van der Waals surface area contributed by atoms with E-state index in [2.05, 4.69) is 50.0 Å². The predicted molar refractivity (Wildman–Crippen MR) is 103 cm³/mol. The zero-order valence-electron chi connectivity index (χ0n) is 14.6. The fourth-order valence-corrected chi connectivity index (χ4v) is 3.33. The van der Waals surface area contributed by atoms with Crippen molar-refractivity contribution < 1.29 is 4.74 Å². The van der Waals surface area contributed by atoms with Crippen LogP contribution in [0.4, 0.5) is 0 Å². The van der Waals surface area contributed by atoms with Crippen LogP contribution >= 0.6 is 15.9 Å². The maximum atomic E-state index is 5.60. The zero-order chi connectivity index (χ0) is 17.2. The number of terminal acetylenes is 1. The van der Waals surface area contributed by atoms with Crippen molar-refractivity contribution >= 4 is 15.9 Å². The maximum Gasteiger partial charge on any atom is 0.148 e. The third-order valence-corrected chi connectivity index (χ3v) is 4.88. The van der Waals surface area contributed by atoms with Crippen LogP contribution < -0.4 is 10.1 Å². The lowest BCUT2D eigenvalue weighted by atomic mass is 10.2. The standard InChI is InChI=1S/C19H28BrN3O/c1-3-14-24-19-7-6-18(20)15-17(19)16-21-8-5-9-23-12-10-22(4-2)11-13-23/h1,6-7,15,21H,4-5,8-14,16H2,2H3. The van der Waals surface area contributed by atoms with E-state index in [4.69, 9.17) is 11.2 Å². The molecule has 132 valence electrons. The summed E-state index contributed by atoms with van der Waals surface area (Å²) < 4.78 is 6.66.